The van der Waals surface area contributed by atoms with Gasteiger partial charge in [-0.3, -0.25) is 9.59 Å². The second-order valence-corrected chi connectivity index (χ2v) is 6.54. The Morgan fingerprint density at radius 3 is 2.35 bits per heavy atom. The third-order valence-corrected chi connectivity index (χ3v) is 4.91. The summed E-state index contributed by atoms with van der Waals surface area (Å²) >= 11 is 0. The highest BCUT2D eigenvalue weighted by Gasteiger charge is 2.14. The van der Waals surface area contributed by atoms with Crippen molar-refractivity contribution in [1.29, 1.82) is 0 Å². The van der Waals surface area contributed by atoms with Gasteiger partial charge in [0.05, 0.1) is 11.1 Å². The standard InChI is InChI=1S/C21H19N3O2/c1-12(10-22)13-6-8-14(9-7-13)18-19-15-4-2-3-5-16(15)20(25)24-17(19)11-23-21(18)26/h2-9,11-12H,10,22H2,1H3,(H,23,26)(H,24,25). The topological polar surface area (TPSA) is 91.7 Å². The van der Waals surface area contributed by atoms with Gasteiger partial charge in [0.25, 0.3) is 11.1 Å². The molecular weight excluding hydrogens is 326 g/mol. The van der Waals surface area contributed by atoms with Crippen molar-refractivity contribution in [3.8, 4) is 11.1 Å². The van der Waals surface area contributed by atoms with Crippen LogP contribution in [0.4, 0.5) is 0 Å². The van der Waals surface area contributed by atoms with Gasteiger partial charge in [-0.2, -0.15) is 0 Å². The van der Waals surface area contributed by atoms with Crippen LogP contribution < -0.4 is 16.9 Å². The first kappa shape index (κ1) is 16.3. The van der Waals surface area contributed by atoms with E-state index in [4.69, 9.17) is 5.73 Å². The molecule has 0 radical (unpaired) electrons. The molecule has 0 bridgehead atoms. The summed E-state index contributed by atoms with van der Waals surface area (Å²) in [6.45, 7) is 2.64. The highest BCUT2D eigenvalue weighted by molar-refractivity contribution is 6.11. The van der Waals surface area contributed by atoms with E-state index in [-0.39, 0.29) is 17.0 Å². The van der Waals surface area contributed by atoms with Crippen molar-refractivity contribution in [2.75, 3.05) is 6.54 Å². The molecule has 2 aromatic carbocycles. The molecule has 0 fully saturated rings. The molecule has 5 heteroatoms. The Balaban J connectivity index is 2.06. The van der Waals surface area contributed by atoms with Crippen molar-refractivity contribution >= 4 is 21.7 Å². The molecule has 0 saturated heterocycles. The Morgan fingerprint density at radius 2 is 1.65 bits per heavy atom. The molecule has 2 aromatic heterocycles. The molecule has 1 atom stereocenters. The van der Waals surface area contributed by atoms with Crippen molar-refractivity contribution in [2.24, 2.45) is 5.73 Å². The zero-order valence-electron chi connectivity index (χ0n) is 14.4. The lowest BCUT2D eigenvalue weighted by molar-refractivity contribution is 0.774. The molecule has 4 N–H and O–H groups in total. The fourth-order valence-electron chi connectivity index (χ4n) is 3.39. The van der Waals surface area contributed by atoms with Crippen LogP contribution in [0.5, 0.6) is 0 Å². The van der Waals surface area contributed by atoms with Gasteiger partial charge in [0.1, 0.15) is 0 Å². The van der Waals surface area contributed by atoms with Crippen LogP contribution >= 0.6 is 0 Å². The predicted molar refractivity (Wildman–Crippen MR) is 106 cm³/mol. The first-order chi connectivity index (χ1) is 12.6. The van der Waals surface area contributed by atoms with Crippen molar-refractivity contribution in [3.63, 3.8) is 0 Å². The maximum atomic E-state index is 12.7. The van der Waals surface area contributed by atoms with Crippen LogP contribution in [0.15, 0.2) is 64.3 Å². The van der Waals surface area contributed by atoms with Crippen molar-refractivity contribution in [2.45, 2.75) is 12.8 Å². The average molecular weight is 345 g/mol. The van der Waals surface area contributed by atoms with E-state index in [1.165, 1.54) is 0 Å². The van der Waals surface area contributed by atoms with Gasteiger partial charge in [-0.15, -0.1) is 0 Å². The molecule has 0 aliphatic carbocycles. The molecule has 2 heterocycles. The molecule has 0 saturated carbocycles. The fraction of sp³-hybridized carbons (Fsp3) is 0.143. The Kier molecular flexibility index (Phi) is 3.93. The van der Waals surface area contributed by atoms with E-state index in [0.717, 1.165) is 21.9 Å². The number of hydrogen-bond acceptors (Lipinski definition) is 3. The lowest BCUT2D eigenvalue weighted by atomic mass is 9.95. The number of aromatic nitrogens is 2. The summed E-state index contributed by atoms with van der Waals surface area (Å²) in [5, 5.41) is 2.09. The van der Waals surface area contributed by atoms with E-state index in [1.807, 2.05) is 42.5 Å². The Morgan fingerprint density at radius 1 is 0.962 bits per heavy atom. The Labute approximate surface area is 149 Å². The second kappa shape index (κ2) is 6.28. The van der Waals surface area contributed by atoms with Crippen LogP contribution in [0.2, 0.25) is 0 Å². The molecule has 0 amide bonds. The second-order valence-electron chi connectivity index (χ2n) is 6.54. The fourth-order valence-corrected chi connectivity index (χ4v) is 3.39. The van der Waals surface area contributed by atoms with E-state index < -0.39 is 0 Å². The molecule has 5 nitrogen and oxygen atoms in total. The lowest BCUT2D eigenvalue weighted by Crippen LogP contribution is -2.13. The van der Waals surface area contributed by atoms with E-state index >= 15 is 0 Å². The summed E-state index contributed by atoms with van der Waals surface area (Å²) in [5.41, 5.74) is 8.49. The lowest BCUT2D eigenvalue weighted by Gasteiger charge is -2.12. The summed E-state index contributed by atoms with van der Waals surface area (Å²) in [6, 6.07) is 15.2. The Bertz CT molecular complexity index is 1220. The SMILES string of the molecule is CC(CN)c1ccc(-c2c(=O)[nH]cc3[nH]c(=O)c4ccccc4c23)cc1. The van der Waals surface area contributed by atoms with Gasteiger partial charge >= 0.3 is 0 Å². The van der Waals surface area contributed by atoms with Gasteiger partial charge in [-0.1, -0.05) is 49.4 Å². The van der Waals surface area contributed by atoms with Gasteiger partial charge in [-0.25, -0.2) is 0 Å². The quantitative estimate of drug-likeness (QED) is 0.498. The predicted octanol–water partition coefficient (Wildman–Crippen LogP) is 3.10. The van der Waals surface area contributed by atoms with Crippen molar-refractivity contribution < 1.29 is 0 Å². The minimum atomic E-state index is -0.186. The molecular formula is C21H19N3O2. The molecule has 0 aliphatic rings. The summed E-state index contributed by atoms with van der Waals surface area (Å²) in [4.78, 5) is 30.6. The third kappa shape index (κ3) is 2.53. The minimum absolute atomic E-state index is 0.168. The number of nitrogens with one attached hydrogen (secondary N) is 2. The molecule has 4 aromatic rings. The zero-order chi connectivity index (χ0) is 18.3. The van der Waals surface area contributed by atoms with Crippen LogP contribution in [0.25, 0.3) is 32.8 Å². The van der Waals surface area contributed by atoms with Crippen molar-refractivity contribution in [3.05, 3.63) is 81.0 Å². The minimum Gasteiger partial charge on any atom is -0.330 e. The van der Waals surface area contributed by atoms with E-state index in [2.05, 4.69) is 16.9 Å². The third-order valence-electron chi connectivity index (χ3n) is 4.91. The van der Waals surface area contributed by atoms with Crippen LogP contribution in [0, 0.1) is 0 Å². The maximum Gasteiger partial charge on any atom is 0.256 e. The molecule has 4 rings (SSSR count). The van der Waals surface area contributed by atoms with Crippen LogP contribution in [-0.2, 0) is 0 Å². The van der Waals surface area contributed by atoms with E-state index in [1.54, 1.807) is 12.3 Å². The van der Waals surface area contributed by atoms with Gasteiger partial charge < -0.3 is 15.7 Å². The highest BCUT2D eigenvalue weighted by Crippen LogP contribution is 2.29. The molecule has 0 spiro atoms. The maximum absolute atomic E-state index is 12.7. The number of rotatable bonds is 3. The number of benzene rings is 2. The van der Waals surface area contributed by atoms with Gasteiger partial charge in [0.15, 0.2) is 0 Å². The first-order valence-electron chi connectivity index (χ1n) is 8.57. The normalized spacial score (nSPS) is 12.5. The largest absolute Gasteiger partial charge is 0.330 e. The molecule has 1 unspecified atom stereocenters. The average Bonchev–Trinajstić information content (AvgIpc) is 2.68. The Hall–Kier alpha value is -3.18. The van der Waals surface area contributed by atoms with Crippen LogP contribution in [-0.4, -0.2) is 16.5 Å². The number of hydrogen-bond donors (Lipinski definition) is 3. The van der Waals surface area contributed by atoms with Gasteiger partial charge in [0.2, 0.25) is 0 Å². The molecule has 26 heavy (non-hydrogen) atoms. The summed E-state index contributed by atoms with van der Waals surface area (Å²) in [6.07, 6.45) is 1.56. The zero-order valence-corrected chi connectivity index (χ0v) is 14.4. The first-order valence-corrected chi connectivity index (χ1v) is 8.57. The van der Waals surface area contributed by atoms with Gasteiger partial charge in [-0.05, 0) is 35.0 Å². The van der Waals surface area contributed by atoms with Crippen LogP contribution in [0.3, 0.4) is 0 Å². The summed E-state index contributed by atoms with van der Waals surface area (Å²) in [5.74, 6) is 0.257. The number of fused-ring (bicyclic) bond motifs is 3. The number of aromatic amines is 2. The monoisotopic (exact) mass is 345 g/mol. The smallest absolute Gasteiger partial charge is 0.256 e. The van der Waals surface area contributed by atoms with E-state index in [9.17, 15) is 9.59 Å². The van der Waals surface area contributed by atoms with E-state index in [0.29, 0.717) is 23.0 Å². The highest BCUT2D eigenvalue weighted by atomic mass is 16.1. The molecule has 0 aliphatic heterocycles. The van der Waals surface area contributed by atoms with Gasteiger partial charge in [0, 0.05) is 17.0 Å². The number of nitrogens with two attached hydrogens (primary N) is 1. The summed E-state index contributed by atoms with van der Waals surface area (Å²) in [7, 11) is 0. The molecule has 130 valence electrons. The van der Waals surface area contributed by atoms with Crippen molar-refractivity contribution in [1.82, 2.24) is 9.97 Å². The summed E-state index contributed by atoms with van der Waals surface area (Å²) < 4.78 is 0. The number of pyridine rings is 2. The number of H-pyrrole nitrogens is 2. The van der Waals surface area contributed by atoms with Crippen LogP contribution in [0.1, 0.15) is 18.4 Å².